The van der Waals surface area contributed by atoms with Crippen molar-refractivity contribution in [3.8, 4) is 0 Å². The highest BCUT2D eigenvalue weighted by atomic mass is 16.5. The Morgan fingerprint density at radius 1 is 1.73 bits per heavy atom. The van der Waals surface area contributed by atoms with E-state index < -0.39 is 0 Å². The maximum atomic E-state index is 11.0. The van der Waals surface area contributed by atoms with Crippen LogP contribution in [-0.4, -0.2) is 48.8 Å². The SMILES string of the molecule is COC(=O)[C@@H]1C[C@@H](O)CN1C. The molecule has 1 fully saturated rings. The Morgan fingerprint density at radius 3 is 2.73 bits per heavy atom. The second-order valence-electron chi connectivity index (χ2n) is 2.87. The summed E-state index contributed by atoms with van der Waals surface area (Å²) in [5, 5.41) is 9.16. The molecule has 0 spiro atoms. The van der Waals surface area contributed by atoms with Crippen LogP contribution in [0.1, 0.15) is 6.42 Å². The molecule has 4 nitrogen and oxygen atoms in total. The minimum atomic E-state index is -0.385. The normalized spacial score (nSPS) is 32.3. The molecule has 1 saturated heterocycles. The smallest absolute Gasteiger partial charge is 0.323 e. The molecule has 0 bridgehead atoms. The molecule has 1 N–H and O–H groups in total. The van der Waals surface area contributed by atoms with Crippen molar-refractivity contribution in [3.63, 3.8) is 0 Å². The molecular formula is C7H13NO3. The van der Waals surface area contributed by atoms with Gasteiger partial charge < -0.3 is 9.84 Å². The molecule has 0 saturated carbocycles. The van der Waals surface area contributed by atoms with Crippen molar-refractivity contribution in [2.24, 2.45) is 0 Å². The number of β-amino-alcohol motifs (C(OH)–C–C–N with tert-alkyl or cyclic N) is 1. The van der Waals surface area contributed by atoms with Crippen molar-refractivity contribution in [1.29, 1.82) is 0 Å². The first-order chi connectivity index (χ1) is 5.15. The lowest BCUT2D eigenvalue weighted by atomic mass is 10.2. The molecule has 2 atom stereocenters. The van der Waals surface area contributed by atoms with Crippen LogP contribution in [0.2, 0.25) is 0 Å². The Hall–Kier alpha value is -0.610. The van der Waals surface area contributed by atoms with E-state index in [1.54, 1.807) is 11.9 Å². The standard InChI is InChI=1S/C7H13NO3/c1-8-4-5(9)3-6(8)7(10)11-2/h5-6,9H,3-4H2,1-2H3/t5-,6+/m1/s1. The number of methoxy groups -OCH3 is 1. The number of carbonyl (C=O) groups is 1. The fourth-order valence-corrected chi connectivity index (χ4v) is 1.38. The molecular weight excluding hydrogens is 146 g/mol. The van der Waals surface area contributed by atoms with Gasteiger partial charge in [0.05, 0.1) is 13.2 Å². The number of carbonyl (C=O) groups excluding carboxylic acids is 1. The summed E-state index contributed by atoms with van der Waals surface area (Å²) < 4.78 is 4.56. The zero-order valence-electron chi connectivity index (χ0n) is 6.78. The molecule has 0 aromatic rings. The van der Waals surface area contributed by atoms with Gasteiger partial charge in [-0.05, 0) is 7.05 Å². The predicted molar refractivity (Wildman–Crippen MR) is 39.1 cm³/mol. The summed E-state index contributed by atoms with van der Waals surface area (Å²) in [5.74, 6) is -0.260. The van der Waals surface area contributed by atoms with E-state index in [2.05, 4.69) is 4.74 Å². The molecule has 64 valence electrons. The number of hydrogen-bond acceptors (Lipinski definition) is 4. The van der Waals surface area contributed by atoms with E-state index in [4.69, 9.17) is 5.11 Å². The molecule has 11 heavy (non-hydrogen) atoms. The first kappa shape index (κ1) is 8.49. The van der Waals surface area contributed by atoms with Crippen molar-refractivity contribution in [2.75, 3.05) is 20.7 Å². The molecule has 1 aliphatic heterocycles. The molecule has 1 heterocycles. The van der Waals surface area contributed by atoms with E-state index >= 15 is 0 Å². The molecule has 1 rings (SSSR count). The van der Waals surface area contributed by atoms with Crippen LogP contribution in [-0.2, 0) is 9.53 Å². The van der Waals surface area contributed by atoms with Crippen LogP contribution in [0.25, 0.3) is 0 Å². The fourth-order valence-electron chi connectivity index (χ4n) is 1.38. The van der Waals surface area contributed by atoms with Crippen LogP contribution in [0.5, 0.6) is 0 Å². The fraction of sp³-hybridized carbons (Fsp3) is 0.857. The maximum Gasteiger partial charge on any atom is 0.323 e. The van der Waals surface area contributed by atoms with Gasteiger partial charge in [-0.3, -0.25) is 9.69 Å². The Kier molecular flexibility index (Phi) is 2.46. The largest absolute Gasteiger partial charge is 0.468 e. The van der Waals surface area contributed by atoms with Crippen LogP contribution in [0.15, 0.2) is 0 Å². The third-order valence-corrected chi connectivity index (χ3v) is 2.00. The number of nitrogens with zero attached hydrogens (tertiary/aromatic N) is 1. The summed E-state index contributed by atoms with van der Waals surface area (Å²) in [6.07, 6.45) is 0.104. The average Bonchev–Trinajstić information content (AvgIpc) is 2.28. The molecule has 0 aromatic heterocycles. The lowest BCUT2D eigenvalue weighted by Gasteiger charge is -2.15. The molecule has 0 radical (unpaired) electrons. The summed E-state index contributed by atoms with van der Waals surface area (Å²) in [7, 11) is 3.17. The van der Waals surface area contributed by atoms with Gasteiger partial charge in [-0.1, -0.05) is 0 Å². The van der Waals surface area contributed by atoms with Crippen LogP contribution in [0.4, 0.5) is 0 Å². The van der Waals surface area contributed by atoms with Gasteiger partial charge in [0.1, 0.15) is 6.04 Å². The summed E-state index contributed by atoms with van der Waals surface area (Å²) in [4.78, 5) is 12.8. The highest BCUT2D eigenvalue weighted by Gasteiger charge is 2.33. The van der Waals surface area contributed by atoms with Gasteiger partial charge in [0, 0.05) is 13.0 Å². The second kappa shape index (κ2) is 3.19. The quantitative estimate of drug-likeness (QED) is 0.510. The predicted octanol–water partition coefficient (Wildman–Crippen LogP) is -0.776. The average molecular weight is 159 g/mol. The van der Waals surface area contributed by atoms with E-state index in [0.29, 0.717) is 13.0 Å². The van der Waals surface area contributed by atoms with Crippen LogP contribution < -0.4 is 0 Å². The topological polar surface area (TPSA) is 49.8 Å². The zero-order valence-corrected chi connectivity index (χ0v) is 6.78. The first-order valence-electron chi connectivity index (χ1n) is 3.61. The first-order valence-corrected chi connectivity index (χ1v) is 3.61. The van der Waals surface area contributed by atoms with Gasteiger partial charge in [0.25, 0.3) is 0 Å². The number of likely N-dealkylation sites (N-methyl/N-ethyl adjacent to an activating group) is 1. The van der Waals surface area contributed by atoms with Crippen molar-refractivity contribution in [1.82, 2.24) is 4.90 Å². The highest BCUT2D eigenvalue weighted by Crippen LogP contribution is 2.16. The van der Waals surface area contributed by atoms with Crippen molar-refractivity contribution in [2.45, 2.75) is 18.6 Å². The zero-order chi connectivity index (χ0) is 8.43. The molecule has 1 aliphatic rings. The molecule has 0 aliphatic carbocycles. The minimum absolute atomic E-state index is 0.255. The Balaban J connectivity index is 2.52. The van der Waals surface area contributed by atoms with Crippen LogP contribution in [0.3, 0.4) is 0 Å². The molecule has 0 amide bonds. The third kappa shape index (κ3) is 1.70. The van der Waals surface area contributed by atoms with E-state index in [1.807, 2.05) is 0 Å². The molecule has 4 heteroatoms. The molecule has 0 unspecified atom stereocenters. The van der Waals surface area contributed by atoms with Gasteiger partial charge >= 0.3 is 5.97 Å². The Bertz CT molecular complexity index is 160. The lowest BCUT2D eigenvalue weighted by Crippen LogP contribution is -2.33. The van der Waals surface area contributed by atoms with Crippen molar-refractivity contribution >= 4 is 5.97 Å². The summed E-state index contributed by atoms with van der Waals surface area (Å²) in [6.45, 7) is 0.555. The van der Waals surface area contributed by atoms with Crippen molar-refractivity contribution in [3.05, 3.63) is 0 Å². The molecule has 0 aromatic carbocycles. The number of aliphatic hydroxyl groups excluding tert-OH is 1. The highest BCUT2D eigenvalue weighted by molar-refractivity contribution is 5.76. The van der Waals surface area contributed by atoms with Crippen molar-refractivity contribution < 1.29 is 14.6 Å². The van der Waals surface area contributed by atoms with E-state index in [-0.39, 0.29) is 18.1 Å². The monoisotopic (exact) mass is 159 g/mol. The maximum absolute atomic E-state index is 11.0. The van der Waals surface area contributed by atoms with Crippen LogP contribution in [0, 0.1) is 0 Å². The number of esters is 1. The van der Waals surface area contributed by atoms with Gasteiger partial charge in [-0.2, -0.15) is 0 Å². The van der Waals surface area contributed by atoms with Gasteiger partial charge in [0.15, 0.2) is 0 Å². The van der Waals surface area contributed by atoms with E-state index in [1.165, 1.54) is 7.11 Å². The summed E-state index contributed by atoms with van der Waals surface area (Å²) in [6, 6.07) is -0.255. The number of hydrogen-bond donors (Lipinski definition) is 1. The third-order valence-electron chi connectivity index (χ3n) is 2.00. The van der Waals surface area contributed by atoms with Gasteiger partial charge in [-0.15, -0.1) is 0 Å². The number of aliphatic hydroxyl groups is 1. The Labute approximate surface area is 65.8 Å². The second-order valence-corrected chi connectivity index (χ2v) is 2.87. The van der Waals surface area contributed by atoms with Gasteiger partial charge in [0.2, 0.25) is 0 Å². The number of ether oxygens (including phenoxy) is 1. The Morgan fingerprint density at radius 2 is 2.36 bits per heavy atom. The summed E-state index contributed by atoms with van der Waals surface area (Å²) in [5.41, 5.74) is 0. The number of likely N-dealkylation sites (tertiary alicyclic amines) is 1. The van der Waals surface area contributed by atoms with E-state index in [9.17, 15) is 4.79 Å². The van der Waals surface area contributed by atoms with E-state index in [0.717, 1.165) is 0 Å². The summed E-state index contributed by atoms with van der Waals surface area (Å²) >= 11 is 0. The van der Waals surface area contributed by atoms with Crippen LogP contribution >= 0.6 is 0 Å². The lowest BCUT2D eigenvalue weighted by molar-refractivity contribution is -0.145. The minimum Gasteiger partial charge on any atom is -0.468 e. The van der Waals surface area contributed by atoms with Gasteiger partial charge in [-0.25, -0.2) is 0 Å². The number of rotatable bonds is 1.